The molecule has 5 heteroatoms. The summed E-state index contributed by atoms with van der Waals surface area (Å²) >= 11 is 0. The summed E-state index contributed by atoms with van der Waals surface area (Å²) < 4.78 is 8.30. The SMILES string of the molecule is Cc1cc(C)cc(OCCCn2c(CCCNC(=O)C3CC3)nc3ccccc32)c1. The fourth-order valence-electron chi connectivity index (χ4n) is 3.94. The maximum atomic E-state index is 11.8. The van der Waals surface area contributed by atoms with Crippen LogP contribution in [0.4, 0.5) is 0 Å². The average molecular weight is 406 g/mol. The second kappa shape index (κ2) is 9.33. The van der Waals surface area contributed by atoms with Gasteiger partial charge in [-0.25, -0.2) is 4.98 Å². The van der Waals surface area contributed by atoms with Crippen molar-refractivity contribution in [3.05, 3.63) is 59.4 Å². The number of imidazole rings is 1. The summed E-state index contributed by atoms with van der Waals surface area (Å²) in [6.07, 6.45) is 4.77. The van der Waals surface area contributed by atoms with Crippen molar-refractivity contribution in [2.45, 2.75) is 52.5 Å². The summed E-state index contributed by atoms with van der Waals surface area (Å²) in [5, 5.41) is 3.05. The number of fused-ring (bicyclic) bond motifs is 1. The second-order valence-electron chi connectivity index (χ2n) is 8.36. The van der Waals surface area contributed by atoms with E-state index in [-0.39, 0.29) is 11.8 Å². The lowest BCUT2D eigenvalue weighted by Gasteiger charge is -2.11. The Bertz CT molecular complexity index is 1000. The smallest absolute Gasteiger partial charge is 0.223 e. The molecule has 158 valence electrons. The molecule has 1 aliphatic rings. The molecule has 1 aliphatic carbocycles. The number of para-hydroxylation sites is 2. The van der Waals surface area contributed by atoms with Gasteiger partial charge in [-0.2, -0.15) is 0 Å². The zero-order valence-electron chi connectivity index (χ0n) is 18.0. The molecular formula is C25H31N3O2. The molecule has 1 heterocycles. The Hall–Kier alpha value is -2.82. The summed E-state index contributed by atoms with van der Waals surface area (Å²) in [7, 11) is 0. The van der Waals surface area contributed by atoms with E-state index in [4.69, 9.17) is 9.72 Å². The molecule has 2 aromatic carbocycles. The largest absolute Gasteiger partial charge is 0.494 e. The monoisotopic (exact) mass is 405 g/mol. The fraction of sp³-hybridized carbons (Fsp3) is 0.440. The first-order valence-corrected chi connectivity index (χ1v) is 11.0. The fourth-order valence-corrected chi connectivity index (χ4v) is 3.94. The third-order valence-corrected chi connectivity index (χ3v) is 5.55. The lowest BCUT2D eigenvalue weighted by molar-refractivity contribution is -0.122. The molecule has 1 N–H and O–H groups in total. The number of carbonyl (C=O) groups is 1. The van der Waals surface area contributed by atoms with Gasteiger partial charge in [0.05, 0.1) is 17.6 Å². The third-order valence-electron chi connectivity index (χ3n) is 5.55. The zero-order valence-corrected chi connectivity index (χ0v) is 18.0. The molecule has 4 rings (SSSR count). The maximum absolute atomic E-state index is 11.8. The molecule has 1 saturated carbocycles. The van der Waals surface area contributed by atoms with E-state index < -0.39 is 0 Å². The molecule has 0 saturated heterocycles. The van der Waals surface area contributed by atoms with Gasteiger partial charge in [0.25, 0.3) is 0 Å². The number of rotatable bonds is 10. The van der Waals surface area contributed by atoms with Crippen molar-refractivity contribution in [3.63, 3.8) is 0 Å². The van der Waals surface area contributed by atoms with E-state index in [1.807, 2.05) is 6.07 Å². The van der Waals surface area contributed by atoms with Crippen LogP contribution < -0.4 is 10.1 Å². The topological polar surface area (TPSA) is 56.1 Å². The summed E-state index contributed by atoms with van der Waals surface area (Å²) in [5.74, 6) is 2.51. The van der Waals surface area contributed by atoms with Crippen LogP contribution in [0.3, 0.4) is 0 Å². The highest BCUT2D eigenvalue weighted by Crippen LogP contribution is 2.28. The van der Waals surface area contributed by atoms with Gasteiger partial charge in [-0.1, -0.05) is 18.2 Å². The minimum atomic E-state index is 0.215. The normalized spacial score (nSPS) is 13.5. The highest BCUT2D eigenvalue weighted by Gasteiger charge is 2.29. The van der Waals surface area contributed by atoms with Crippen molar-refractivity contribution < 1.29 is 9.53 Å². The molecule has 3 aromatic rings. The van der Waals surface area contributed by atoms with Crippen LogP contribution in [-0.2, 0) is 17.8 Å². The number of amides is 1. The first-order chi connectivity index (χ1) is 14.6. The Kier molecular flexibility index (Phi) is 6.36. The summed E-state index contributed by atoms with van der Waals surface area (Å²) in [5.41, 5.74) is 4.65. The van der Waals surface area contributed by atoms with E-state index >= 15 is 0 Å². The van der Waals surface area contributed by atoms with Crippen molar-refractivity contribution in [1.29, 1.82) is 0 Å². The van der Waals surface area contributed by atoms with Crippen LogP contribution in [0.5, 0.6) is 5.75 Å². The number of hydrogen-bond acceptors (Lipinski definition) is 3. The predicted octanol–water partition coefficient (Wildman–Crippen LogP) is 4.58. The Morgan fingerprint density at radius 2 is 1.90 bits per heavy atom. The number of aryl methyl sites for hydroxylation is 4. The van der Waals surface area contributed by atoms with Crippen LogP contribution in [0.1, 0.15) is 42.6 Å². The van der Waals surface area contributed by atoms with Crippen LogP contribution in [-0.4, -0.2) is 28.6 Å². The van der Waals surface area contributed by atoms with Crippen molar-refractivity contribution in [3.8, 4) is 5.75 Å². The first-order valence-electron chi connectivity index (χ1n) is 11.0. The van der Waals surface area contributed by atoms with E-state index in [9.17, 15) is 4.79 Å². The number of nitrogens with one attached hydrogen (secondary N) is 1. The van der Waals surface area contributed by atoms with Crippen LogP contribution in [0.25, 0.3) is 11.0 Å². The zero-order chi connectivity index (χ0) is 20.9. The molecule has 5 nitrogen and oxygen atoms in total. The molecule has 1 amide bonds. The van der Waals surface area contributed by atoms with Crippen LogP contribution >= 0.6 is 0 Å². The lowest BCUT2D eigenvalue weighted by Crippen LogP contribution is -2.26. The maximum Gasteiger partial charge on any atom is 0.223 e. The molecule has 1 aromatic heterocycles. The number of aromatic nitrogens is 2. The molecule has 0 radical (unpaired) electrons. The van der Waals surface area contributed by atoms with Gasteiger partial charge in [0.1, 0.15) is 11.6 Å². The summed E-state index contributed by atoms with van der Waals surface area (Å²) in [6, 6.07) is 14.6. The molecule has 0 bridgehead atoms. The van der Waals surface area contributed by atoms with Crippen molar-refractivity contribution in [1.82, 2.24) is 14.9 Å². The molecule has 0 atom stereocenters. The Balaban J connectivity index is 1.34. The number of nitrogens with zero attached hydrogens (tertiary/aromatic N) is 2. The second-order valence-corrected chi connectivity index (χ2v) is 8.36. The van der Waals surface area contributed by atoms with Crippen molar-refractivity contribution >= 4 is 16.9 Å². The lowest BCUT2D eigenvalue weighted by atomic mass is 10.1. The van der Waals surface area contributed by atoms with Crippen LogP contribution in [0.15, 0.2) is 42.5 Å². The summed E-state index contributed by atoms with van der Waals surface area (Å²) in [4.78, 5) is 16.7. The number of benzene rings is 2. The van der Waals surface area contributed by atoms with E-state index in [2.05, 4.69) is 60.1 Å². The number of hydrogen-bond donors (Lipinski definition) is 1. The van der Waals surface area contributed by atoms with Gasteiger partial charge in [-0.3, -0.25) is 4.79 Å². The van der Waals surface area contributed by atoms with Gasteiger partial charge in [-0.05, 0) is 74.9 Å². The van der Waals surface area contributed by atoms with Crippen molar-refractivity contribution in [2.75, 3.05) is 13.2 Å². The van der Waals surface area contributed by atoms with Gasteiger partial charge in [0.15, 0.2) is 0 Å². The standard InChI is InChI=1S/C25H31N3O2/c1-18-15-19(2)17-21(16-18)30-14-6-13-28-23-8-4-3-7-22(23)27-24(28)9-5-12-26-25(29)20-10-11-20/h3-4,7-8,15-17,20H,5-6,9-14H2,1-2H3,(H,26,29). The predicted molar refractivity (Wildman–Crippen MR) is 120 cm³/mol. The average Bonchev–Trinajstić information content (AvgIpc) is 3.51. The van der Waals surface area contributed by atoms with Gasteiger partial charge in [0, 0.05) is 25.4 Å². The molecule has 0 unspecified atom stereocenters. The quantitative estimate of drug-likeness (QED) is 0.502. The number of ether oxygens (including phenoxy) is 1. The molecule has 0 spiro atoms. The Labute approximate surface area is 178 Å². The van der Waals surface area contributed by atoms with Gasteiger partial charge in [0.2, 0.25) is 5.91 Å². The highest BCUT2D eigenvalue weighted by atomic mass is 16.5. The van der Waals surface area contributed by atoms with Crippen LogP contribution in [0.2, 0.25) is 0 Å². The molecular weight excluding hydrogens is 374 g/mol. The van der Waals surface area contributed by atoms with E-state index in [1.165, 1.54) is 16.6 Å². The van der Waals surface area contributed by atoms with E-state index in [0.717, 1.165) is 55.7 Å². The van der Waals surface area contributed by atoms with E-state index in [1.54, 1.807) is 0 Å². The molecule has 1 fully saturated rings. The van der Waals surface area contributed by atoms with Gasteiger partial charge < -0.3 is 14.6 Å². The Morgan fingerprint density at radius 1 is 1.13 bits per heavy atom. The third kappa shape index (κ3) is 5.21. The van der Waals surface area contributed by atoms with Crippen molar-refractivity contribution in [2.24, 2.45) is 5.92 Å². The molecule has 0 aliphatic heterocycles. The number of carbonyl (C=O) groups excluding carboxylic acids is 1. The molecule has 30 heavy (non-hydrogen) atoms. The highest BCUT2D eigenvalue weighted by molar-refractivity contribution is 5.80. The minimum Gasteiger partial charge on any atom is -0.494 e. The van der Waals surface area contributed by atoms with Gasteiger partial charge in [-0.15, -0.1) is 0 Å². The van der Waals surface area contributed by atoms with E-state index in [0.29, 0.717) is 13.2 Å². The minimum absolute atomic E-state index is 0.215. The van der Waals surface area contributed by atoms with Crippen LogP contribution in [0, 0.1) is 19.8 Å². The first kappa shape index (κ1) is 20.5. The van der Waals surface area contributed by atoms with Gasteiger partial charge >= 0.3 is 0 Å². The summed E-state index contributed by atoms with van der Waals surface area (Å²) in [6.45, 7) is 6.45. The Morgan fingerprint density at radius 3 is 2.67 bits per heavy atom.